The van der Waals surface area contributed by atoms with E-state index in [0.717, 1.165) is 42.4 Å². The molecule has 0 radical (unpaired) electrons. The van der Waals surface area contributed by atoms with Crippen molar-refractivity contribution < 1.29 is 0 Å². The molecule has 4 aromatic heterocycles. The zero-order chi connectivity index (χ0) is 19.9. The number of aromatic nitrogens is 4. The Kier molecular flexibility index (Phi) is 5.98. The number of rotatable bonds is 7. The van der Waals surface area contributed by atoms with E-state index in [9.17, 15) is 0 Å². The second kappa shape index (κ2) is 9.17. The monoisotopic (exact) mass is 381 g/mol. The van der Waals surface area contributed by atoms with E-state index in [1.165, 1.54) is 11.1 Å². The maximum Gasteiger partial charge on any atom is 0.0886 e. The van der Waals surface area contributed by atoms with Crippen LogP contribution in [0.3, 0.4) is 0 Å². The molecule has 4 heterocycles. The largest absolute Gasteiger partial charge is 0.295 e. The van der Waals surface area contributed by atoms with Gasteiger partial charge in [-0.25, -0.2) is 0 Å². The summed E-state index contributed by atoms with van der Waals surface area (Å²) in [5, 5.41) is 0. The summed E-state index contributed by atoms with van der Waals surface area (Å²) in [5.41, 5.74) is 5.95. The molecule has 0 atom stereocenters. The van der Waals surface area contributed by atoms with Gasteiger partial charge in [-0.15, -0.1) is 0 Å². The highest BCUT2D eigenvalue weighted by atomic mass is 15.1. The summed E-state index contributed by atoms with van der Waals surface area (Å²) in [7, 11) is 0. The normalized spacial score (nSPS) is 11.0. The molecule has 0 fully saturated rings. The second-order valence-electron chi connectivity index (χ2n) is 6.84. The molecule has 0 aliphatic carbocycles. The molecule has 4 rings (SSSR count). The Hall–Kier alpha value is -3.44. The van der Waals surface area contributed by atoms with E-state index in [2.05, 4.69) is 43.9 Å². The average Bonchev–Trinajstić information content (AvgIpc) is 2.81. The number of nitrogens with zero attached hydrogens (tertiary/aromatic N) is 5. The minimum Gasteiger partial charge on any atom is -0.295 e. The molecule has 0 aliphatic heterocycles. The van der Waals surface area contributed by atoms with E-state index in [-0.39, 0.29) is 0 Å². The Balaban J connectivity index is 1.40. The fourth-order valence-corrected chi connectivity index (χ4v) is 3.16. The van der Waals surface area contributed by atoms with Crippen LogP contribution in [0.4, 0.5) is 0 Å². The smallest absolute Gasteiger partial charge is 0.0886 e. The van der Waals surface area contributed by atoms with Gasteiger partial charge in [0.05, 0.1) is 22.8 Å². The van der Waals surface area contributed by atoms with Gasteiger partial charge in [-0.05, 0) is 54.1 Å². The lowest BCUT2D eigenvalue weighted by Crippen LogP contribution is -2.22. The quantitative estimate of drug-likeness (QED) is 0.467. The van der Waals surface area contributed by atoms with Crippen LogP contribution in [0.2, 0.25) is 0 Å². The fourth-order valence-electron chi connectivity index (χ4n) is 3.16. The Morgan fingerprint density at radius 3 is 1.41 bits per heavy atom. The Morgan fingerprint density at radius 1 is 0.586 bits per heavy atom. The van der Waals surface area contributed by atoms with E-state index in [4.69, 9.17) is 0 Å². The van der Waals surface area contributed by atoms with Crippen LogP contribution in [-0.2, 0) is 13.1 Å². The molecule has 0 spiro atoms. The lowest BCUT2D eigenvalue weighted by molar-refractivity contribution is 0.271. The molecule has 29 heavy (non-hydrogen) atoms. The van der Waals surface area contributed by atoms with Crippen LogP contribution in [0.15, 0.2) is 85.5 Å². The van der Waals surface area contributed by atoms with Crippen LogP contribution < -0.4 is 0 Å². The SMILES string of the molecule is CCN(Cc1ccc(-c2ccccn2)nc1)Cc1ccc(-c2ccccn2)nc1. The molecule has 4 aromatic rings. The van der Waals surface area contributed by atoms with E-state index in [1.807, 2.05) is 60.9 Å². The summed E-state index contributed by atoms with van der Waals surface area (Å²) < 4.78 is 0. The van der Waals surface area contributed by atoms with E-state index in [0.29, 0.717) is 0 Å². The summed E-state index contributed by atoms with van der Waals surface area (Å²) in [4.78, 5) is 20.2. The number of hydrogen-bond donors (Lipinski definition) is 0. The van der Waals surface area contributed by atoms with Crippen molar-refractivity contribution >= 4 is 0 Å². The van der Waals surface area contributed by atoms with Crippen molar-refractivity contribution in [2.24, 2.45) is 0 Å². The first-order valence-electron chi connectivity index (χ1n) is 9.77. The predicted molar refractivity (Wildman–Crippen MR) is 115 cm³/mol. The molecular formula is C24H23N5. The lowest BCUT2D eigenvalue weighted by Gasteiger charge is -2.20. The Labute approximate surface area is 171 Å². The molecule has 144 valence electrons. The first-order chi connectivity index (χ1) is 14.3. The van der Waals surface area contributed by atoms with E-state index >= 15 is 0 Å². The van der Waals surface area contributed by atoms with E-state index < -0.39 is 0 Å². The summed E-state index contributed by atoms with van der Waals surface area (Å²) in [6.07, 6.45) is 7.46. The second-order valence-corrected chi connectivity index (χ2v) is 6.84. The molecule has 0 amide bonds. The summed E-state index contributed by atoms with van der Waals surface area (Å²) >= 11 is 0. The van der Waals surface area contributed by atoms with Crippen molar-refractivity contribution in [2.45, 2.75) is 20.0 Å². The van der Waals surface area contributed by atoms with Crippen molar-refractivity contribution in [3.05, 3.63) is 96.6 Å². The third kappa shape index (κ3) is 4.89. The third-order valence-corrected chi connectivity index (χ3v) is 4.76. The summed E-state index contributed by atoms with van der Waals surface area (Å²) in [5.74, 6) is 0. The molecule has 0 saturated heterocycles. The minimum atomic E-state index is 0.841. The minimum absolute atomic E-state index is 0.841. The van der Waals surface area contributed by atoms with Crippen LogP contribution in [0, 0.1) is 0 Å². The van der Waals surface area contributed by atoms with Gasteiger partial charge in [0.1, 0.15) is 0 Å². The standard InChI is InChI=1S/C24H23N5/c1-2-29(17-19-9-11-23(27-15-19)21-7-3-5-13-25-21)18-20-10-12-24(28-16-20)22-8-4-6-14-26-22/h3-16H,2,17-18H2,1H3. The van der Waals surface area contributed by atoms with Gasteiger partial charge in [-0.3, -0.25) is 24.8 Å². The molecule has 0 bridgehead atoms. The van der Waals surface area contributed by atoms with Crippen molar-refractivity contribution in [2.75, 3.05) is 6.54 Å². The molecule has 0 unspecified atom stereocenters. The van der Waals surface area contributed by atoms with Gasteiger partial charge in [-0.1, -0.05) is 31.2 Å². The van der Waals surface area contributed by atoms with Crippen LogP contribution in [0.1, 0.15) is 18.1 Å². The van der Waals surface area contributed by atoms with Gasteiger partial charge in [0, 0.05) is 37.9 Å². The van der Waals surface area contributed by atoms with Gasteiger partial charge in [0.15, 0.2) is 0 Å². The molecule has 5 nitrogen and oxygen atoms in total. The van der Waals surface area contributed by atoms with Gasteiger partial charge in [-0.2, -0.15) is 0 Å². The van der Waals surface area contributed by atoms with Gasteiger partial charge >= 0.3 is 0 Å². The molecule has 0 N–H and O–H groups in total. The Bertz CT molecular complexity index is 931. The van der Waals surface area contributed by atoms with Crippen molar-refractivity contribution in [1.82, 2.24) is 24.8 Å². The molecule has 0 saturated carbocycles. The first kappa shape index (κ1) is 18.9. The molecule has 0 aromatic carbocycles. The van der Waals surface area contributed by atoms with Crippen molar-refractivity contribution in [3.63, 3.8) is 0 Å². The zero-order valence-corrected chi connectivity index (χ0v) is 16.4. The van der Waals surface area contributed by atoms with Crippen molar-refractivity contribution in [1.29, 1.82) is 0 Å². The maximum absolute atomic E-state index is 4.58. The number of pyridine rings is 4. The molecular weight excluding hydrogens is 358 g/mol. The van der Waals surface area contributed by atoms with Gasteiger partial charge < -0.3 is 0 Å². The maximum atomic E-state index is 4.58. The lowest BCUT2D eigenvalue weighted by atomic mass is 10.1. The third-order valence-electron chi connectivity index (χ3n) is 4.76. The Morgan fingerprint density at radius 2 is 1.07 bits per heavy atom. The predicted octanol–water partition coefficient (Wildman–Crippen LogP) is 4.62. The zero-order valence-electron chi connectivity index (χ0n) is 16.4. The fraction of sp³-hybridized carbons (Fsp3) is 0.167. The van der Waals surface area contributed by atoms with Crippen LogP contribution in [0.5, 0.6) is 0 Å². The van der Waals surface area contributed by atoms with Crippen LogP contribution in [0.25, 0.3) is 22.8 Å². The topological polar surface area (TPSA) is 54.8 Å². The van der Waals surface area contributed by atoms with Gasteiger partial charge in [0.25, 0.3) is 0 Å². The summed E-state index contributed by atoms with van der Waals surface area (Å²) in [6.45, 7) is 4.80. The number of hydrogen-bond acceptors (Lipinski definition) is 5. The first-order valence-corrected chi connectivity index (χ1v) is 9.77. The highest BCUT2D eigenvalue weighted by Crippen LogP contribution is 2.17. The highest BCUT2D eigenvalue weighted by molar-refractivity contribution is 5.54. The van der Waals surface area contributed by atoms with Crippen LogP contribution in [-0.4, -0.2) is 31.4 Å². The molecule has 0 aliphatic rings. The summed E-state index contributed by atoms with van der Waals surface area (Å²) in [6, 6.07) is 20.1. The van der Waals surface area contributed by atoms with Crippen LogP contribution >= 0.6 is 0 Å². The average molecular weight is 381 g/mol. The highest BCUT2D eigenvalue weighted by Gasteiger charge is 2.08. The van der Waals surface area contributed by atoms with E-state index in [1.54, 1.807) is 12.4 Å². The van der Waals surface area contributed by atoms with Crippen molar-refractivity contribution in [3.8, 4) is 22.8 Å². The van der Waals surface area contributed by atoms with Gasteiger partial charge in [0.2, 0.25) is 0 Å². The molecule has 5 heteroatoms.